The van der Waals surface area contributed by atoms with Crippen LogP contribution in [-0.2, 0) is 17.9 Å². The van der Waals surface area contributed by atoms with Gasteiger partial charge in [-0.15, -0.1) is 0 Å². The van der Waals surface area contributed by atoms with Crippen LogP contribution in [0.15, 0.2) is 77.9 Å². The number of benzene rings is 3. The van der Waals surface area contributed by atoms with Gasteiger partial charge in [0.15, 0.2) is 5.65 Å². The van der Waals surface area contributed by atoms with Crippen molar-refractivity contribution in [3.05, 3.63) is 105 Å². The number of carbonyl (C=O) groups excluding carboxylic acids is 1. The van der Waals surface area contributed by atoms with E-state index in [1.54, 1.807) is 45.6 Å². The number of phenols is 1. The van der Waals surface area contributed by atoms with Crippen molar-refractivity contribution in [3.8, 4) is 28.8 Å². The molecule has 1 fully saturated rings. The average molecular weight is 687 g/mol. The Labute approximate surface area is 293 Å². The number of aromatic nitrogens is 6. The lowest BCUT2D eigenvalue weighted by molar-refractivity contribution is -0.132. The Bertz CT molecular complexity index is 2330. The fourth-order valence-electron chi connectivity index (χ4n) is 6.38. The van der Waals surface area contributed by atoms with E-state index < -0.39 is 0 Å². The standard InChI is InChI=1S/C38H35ClN8O3/c39-29-13-6-5-11-27(29)22-46-31(23-47-37-34(36(40)41-24-42-37)35(44-47)26-16-18-28(48)19-17-26)43-30-14-9-12-25(33(30)38(46)50)10-3-1-4-15-32(49)45-20-7-2-8-21-45/h5-6,9,11-14,16-19,24,48H,1-2,4,7-8,15,20-23H2,(H2,40,41,42). The van der Waals surface area contributed by atoms with Gasteiger partial charge in [-0.05, 0) is 73.7 Å². The van der Waals surface area contributed by atoms with Crippen LogP contribution in [0.4, 0.5) is 5.82 Å². The smallest absolute Gasteiger partial charge is 0.263 e. The van der Waals surface area contributed by atoms with Gasteiger partial charge in [-0.3, -0.25) is 14.2 Å². The topological polar surface area (TPSA) is 145 Å². The minimum absolute atomic E-state index is 0.0849. The first-order valence-corrected chi connectivity index (χ1v) is 17.0. The van der Waals surface area contributed by atoms with Crippen molar-refractivity contribution in [2.75, 3.05) is 18.8 Å². The predicted octanol–water partition coefficient (Wildman–Crippen LogP) is 5.78. The van der Waals surface area contributed by atoms with Crippen molar-refractivity contribution in [3.63, 3.8) is 0 Å². The number of piperidine rings is 1. The number of nitrogens with zero attached hydrogens (tertiary/aromatic N) is 7. The molecule has 0 radical (unpaired) electrons. The van der Waals surface area contributed by atoms with E-state index in [1.807, 2.05) is 35.2 Å². The van der Waals surface area contributed by atoms with Crippen LogP contribution in [-0.4, -0.2) is 58.3 Å². The number of phenolic OH excluding ortho intramolecular Hbond substituents is 1. The molecule has 3 N–H and O–H groups in total. The van der Waals surface area contributed by atoms with Gasteiger partial charge in [-0.1, -0.05) is 47.7 Å². The number of aromatic hydroxyl groups is 1. The van der Waals surface area contributed by atoms with Gasteiger partial charge in [0.1, 0.15) is 36.0 Å². The third-order valence-electron chi connectivity index (χ3n) is 8.96. The van der Waals surface area contributed by atoms with Gasteiger partial charge in [-0.25, -0.2) is 19.6 Å². The zero-order chi connectivity index (χ0) is 34.6. The molecule has 7 rings (SSSR count). The van der Waals surface area contributed by atoms with Crippen LogP contribution < -0.4 is 11.3 Å². The average Bonchev–Trinajstić information content (AvgIpc) is 3.50. The predicted molar refractivity (Wildman–Crippen MR) is 194 cm³/mol. The summed E-state index contributed by atoms with van der Waals surface area (Å²) in [6.45, 7) is 1.93. The van der Waals surface area contributed by atoms with Crippen molar-refractivity contribution >= 4 is 45.3 Å². The van der Waals surface area contributed by atoms with Crippen LogP contribution >= 0.6 is 11.6 Å². The van der Waals surface area contributed by atoms with E-state index >= 15 is 0 Å². The van der Waals surface area contributed by atoms with Gasteiger partial charge < -0.3 is 15.7 Å². The Hall–Kier alpha value is -5.73. The van der Waals surface area contributed by atoms with Crippen molar-refractivity contribution in [2.24, 2.45) is 0 Å². The number of nitrogen functional groups attached to an aromatic ring is 1. The van der Waals surface area contributed by atoms with E-state index in [-0.39, 0.29) is 36.1 Å². The molecule has 0 spiro atoms. The van der Waals surface area contributed by atoms with Crippen molar-refractivity contribution in [2.45, 2.75) is 51.6 Å². The Balaban J connectivity index is 1.26. The summed E-state index contributed by atoms with van der Waals surface area (Å²) in [6, 6.07) is 19.5. The van der Waals surface area contributed by atoms with Crippen molar-refractivity contribution in [1.82, 2.24) is 34.2 Å². The lowest BCUT2D eigenvalue weighted by Crippen LogP contribution is -2.35. The maximum absolute atomic E-state index is 14.5. The Kier molecular flexibility index (Phi) is 9.45. The third-order valence-corrected chi connectivity index (χ3v) is 9.33. The first-order valence-electron chi connectivity index (χ1n) is 16.7. The van der Waals surface area contributed by atoms with Gasteiger partial charge in [-0.2, -0.15) is 5.10 Å². The van der Waals surface area contributed by atoms with Crippen LogP contribution in [0.3, 0.4) is 0 Å². The molecule has 1 saturated heterocycles. The molecule has 11 nitrogen and oxygen atoms in total. The molecule has 0 unspecified atom stereocenters. The highest BCUT2D eigenvalue weighted by Gasteiger charge is 2.21. The maximum Gasteiger partial charge on any atom is 0.263 e. The summed E-state index contributed by atoms with van der Waals surface area (Å²) in [7, 11) is 0. The Morgan fingerprint density at radius 2 is 1.74 bits per heavy atom. The van der Waals surface area contributed by atoms with Gasteiger partial charge in [0.2, 0.25) is 5.91 Å². The third kappa shape index (κ3) is 6.75. The summed E-state index contributed by atoms with van der Waals surface area (Å²) in [6.07, 6.45) is 6.35. The lowest BCUT2D eigenvalue weighted by Gasteiger charge is -2.26. The minimum atomic E-state index is -0.264. The molecule has 1 amide bonds. The lowest BCUT2D eigenvalue weighted by atomic mass is 10.1. The number of halogens is 1. The quantitative estimate of drug-likeness (QED) is 0.152. The molecule has 0 atom stereocenters. The summed E-state index contributed by atoms with van der Waals surface area (Å²) in [4.78, 5) is 42.7. The number of hydrogen-bond donors (Lipinski definition) is 2. The van der Waals surface area contributed by atoms with Crippen LogP contribution in [0, 0.1) is 11.8 Å². The first kappa shape index (κ1) is 32.8. The number of fused-ring (bicyclic) bond motifs is 2. The minimum Gasteiger partial charge on any atom is -0.508 e. The zero-order valence-electron chi connectivity index (χ0n) is 27.3. The normalized spacial score (nSPS) is 13.0. The van der Waals surface area contributed by atoms with Crippen LogP contribution in [0.25, 0.3) is 33.2 Å². The Morgan fingerprint density at radius 3 is 2.54 bits per heavy atom. The number of nitrogens with two attached hydrogens (primary N) is 1. The highest BCUT2D eigenvalue weighted by molar-refractivity contribution is 6.31. The second kappa shape index (κ2) is 14.4. The van der Waals surface area contributed by atoms with Gasteiger partial charge in [0.05, 0.1) is 22.8 Å². The molecule has 4 heterocycles. The molecular weight excluding hydrogens is 652 g/mol. The molecule has 0 bridgehead atoms. The fourth-order valence-corrected chi connectivity index (χ4v) is 6.57. The van der Waals surface area contributed by atoms with E-state index in [1.165, 1.54) is 12.7 Å². The van der Waals surface area contributed by atoms with E-state index in [0.29, 0.717) is 68.9 Å². The monoisotopic (exact) mass is 686 g/mol. The molecule has 12 heteroatoms. The second-order valence-electron chi connectivity index (χ2n) is 12.3. The zero-order valence-corrected chi connectivity index (χ0v) is 28.1. The van der Waals surface area contributed by atoms with Crippen LogP contribution in [0.5, 0.6) is 5.75 Å². The summed E-state index contributed by atoms with van der Waals surface area (Å²) >= 11 is 6.58. The summed E-state index contributed by atoms with van der Waals surface area (Å²) in [5.41, 5.74) is 9.61. The summed E-state index contributed by atoms with van der Waals surface area (Å²) < 4.78 is 3.26. The molecule has 50 heavy (non-hydrogen) atoms. The number of rotatable bonds is 8. The summed E-state index contributed by atoms with van der Waals surface area (Å²) in [5.74, 6) is 7.37. The Morgan fingerprint density at radius 1 is 0.940 bits per heavy atom. The molecule has 3 aromatic heterocycles. The molecule has 3 aromatic carbocycles. The number of amides is 1. The first-order chi connectivity index (χ1) is 24.4. The SMILES string of the molecule is Nc1ncnc2c1c(-c1ccc(O)cc1)nn2Cc1nc2cccc(C#CCCCC(=O)N3CCCCC3)c2c(=O)n1Cc1ccccc1Cl. The van der Waals surface area contributed by atoms with Crippen molar-refractivity contribution < 1.29 is 9.90 Å². The van der Waals surface area contributed by atoms with E-state index in [4.69, 9.17) is 27.4 Å². The number of hydrogen-bond acceptors (Lipinski definition) is 8. The summed E-state index contributed by atoms with van der Waals surface area (Å²) in [5, 5.41) is 16.2. The van der Waals surface area contributed by atoms with Crippen LogP contribution in [0.2, 0.25) is 5.02 Å². The highest BCUT2D eigenvalue weighted by atomic mass is 35.5. The van der Waals surface area contributed by atoms with E-state index in [2.05, 4.69) is 21.8 Å². The second-order valence-corrected chi connectivity index (χ2v) is 12.7. The molecular formula is C38H35ClN8O3. The largest absolute Gasteiger partial charge is 0.508 e. The van der Waals surface area contributed by atoms with Crippen LogP contribution in [0.1, 0.15) is 55.5 Å². The van der Waals surface area contributed by atoms with E-state index in [0.717, 1.165) is 31.5 Å². The van der Waals surface area contributed by atoms with E-state index in [9.17, 15) is 14.7 Å². The number of likely N-dealkylation sites (tertiary alicyclic amines) is 1. The number of unbranched alkanes of at least 4 members (excludes halogenated alkanes) is 1. The maximum atomic E-state index is 14.5. The molecule has 1 aliphatic heterocycles. The molecule has 0 aliphatic carbocycles. The van der Waals surface area contributed by atoms with Crippen molar-refractivity contribution in [1.29, 1.82) is 0 Å². The molecule has 252 valence electrons. The number of anilines is 1. The fraction of sp³-hybridized carbons (Fsp3) is 0.263. The molecule has 0 saturated carbocycles. The molecule has 6 aromatic rings. The van der Waals surface area contributed by atoms with Gasteiger partial charge in [0, 0.05) is 42.1 Å². The highest BCUT2D eigenvalue weighted by Crippen LogP contribution is 2.31. The van der Waals surface area contributed by atoms with Gasteiger partial charge in [0.25, 0.3) is 5.56 Å². The number of carbonyl (C=O) groups is 1. The molecule has 1 aliphatic rings. The van der Waals surface area contributed by atoms with Gasteiger partial charge >= 0.3 is 0 Å².